The van der Waals surface area contributed by atoms with Gasteiger partial charge in [-0.05, 0) is 37.7 Å². The van der Waals surface area contributed by atoms with Crippen molar-refractivity contribution in [2.45, 2.75) is 6.92 Å². The lowest BCUT2D eigenvalue weighted by Crippen LogP contribution is -2.33. The van der Waals surface area contributed by atoms with Crippen LogP contribution in [0.25, 0.3) is 0 Å². The van der Waals surface area contributed by atoms with Gasteiger partial charge in [-0.1, -0.05) is 47.5 Å². The van der Waals surface area contributed by atoms with Crippen molar-refractivity contribution in [2.75, 3.05) is 32.1 Å². The van der Waals surface area contributed by atoms with E-state index in [1.807, 2.05) is 43.1 Å². The second-order valence-corrected chi connectivity index (χ2v) is 6.31. The molecule has 0 aliphatic heterocycles. The third-order valence-corrected chi connectivity index (χ3v) is 4.09. The van der Waals surface area contributed by atoms with Crippen LogP contribution in [0.1, 0.15) is 5.56 Å². The molecule has 128 valence electrons. The molecule has 0 radical (unpaired) electrons. The fourth-order valence-corrected chi connectivity index (χ4v) is 2.64. The summed E-state index contributed by atoms with van der Waals surface area (Å²) < 4.78 is 5.73. The summed E-state index contributed by atoms with van der Waals surface area (Å²) in [6.45, 7) is 3.35. The molecule has 0 fully saturated rings. The number of nitrogens with zero attached hydrogens (tertiary/aromatic N) is 1. The fourth-order valence-electron chi connectivity index (χ4n) is 2.15. The predicted octanol–water partition coefficient (Wildman–Crippen LogP) is 4.25. The minimum absolute atomic E-state index is 0.177. The Balaban J connectivity index is 1.79. The van der Waals surface area contributed by atoms with E-state index in [9.17, 15) is 4.79 Å². The van der Waals surface area contributed by atoms with Crippen LogP contribution in [0.2, 0.25) is 10.0 Å². The molecule has 0 unspecified atom stereocenters. The Hall–Kier alpha value is -1.75. The minimum atomic E-state index is -0.177. The molecule has 2 aromatic rings. The maximum absolute atomic E-state index is 12.1. The topological polar surface area (TPSA) is 41.6 Å². The highest BCUT2D eigenvalue weighted by Gasteiger charge is 2.11. The summed E-state index contributed by atoms with van der Waals surface area (Å²) in [4.78, 5) is 14.0. The molecule has 4 nitrogen and oxygen atoms in total. The molecule has 2 aromatic carbocycles. The standard InChI is InChI=1S/C18H20Cl2N2O2/c1-13-6-3-4-9-16(13)24-11-10-22(2)12-17(23)21-18-14(19)7-5-8-15(18)20/h3-9H,10-12H2,1-2H3,(H,21,23). The highest BCUT2D eigenvalue weighted by Crippen LogP contribution is 2.29. The Kier molecular flexibility index (Phi) is 6.91. The van der Waals surface area contributed by atoms with Crippen molar-refractivity contribution in [1.82, 2.24) is 4.90 Å². The Labute approximate surface area is 152 Å². The quantitative estimate of drug-likeness (QED) is 0.796. The van der Waals surface area contributed by atoms with E-state index in [1.54, 1.807) is 18.2 Å². The fraction of sp³-hybridized carbons (Fsp3) is 0.278. The second-order valence-electron chi connectivity index (χ2n) is 5.50. The van der Waals surface area contributed by atoms with Crippen LogP contribution in [0, 0.1) is 6.92 Å². The van der Waals surface area contributed by atoms with Gasteiger partial charge in [-0.25, -0.2) is 0 Å². The number of hydrogen-bond donors (Lipinski definition) is 1. The van der Waals surface area contributed by atoms with E-state index in [0.29, 0.717) is 28.9 Å². The number of hydrogen-bond acceptors (Lipinski definition) is 3. The number of rotatable bonds is 7. The van der Waals surface area contributed by atoms with Gasteiger partial charge in [-0.2, -0.15) is 0 Å². The van der Waals surface area contributed by atoms with E-state index in [4.69, 9.17) is 27.9 Å². The number of halogens is 2. The lowest BCUT2D eigenvalue weighted by molar-refractivity contribution is -0.117. The van der Waals surface area contributed by atoms with E-state index in [-0.39, 0.29) is 12.5 Å². The summed E-state index contributed by atoms with van der Waals surface area (Å²) in [7, 11) is 1.86. The van der Waals surface area contributed by atoms with Crippen LogP contribution in [0.5, 0.6) is 5.75 Å². The number of para-hydroxylation sites is 2. The van der Waals surface area contributed by atoms with E-state index in [0.717, 1.165) is 11.3 Å². The number of likely N-dealkylation sites (N-methyl/N-ethyl adjacent to an activating group) is 1. The van der Waals surface area contributed by atoms with Crippen molar-refractivity contribution < 1.29 is 9.53 Å². The lowest BCUT2D eigenvalue weighted by Gasteiger charge is -2.17. The molecule has 1 N–H and O–H groups in total. The number of carbonyl (C=O) groups is 1. The van der Waals surface area contributed by atoms with Gasteiger partial charge >= 0.3 is 0 Å². The van der Waals surface area contributed by atoms with Crippen LogP contribution >= 0.6 is 23.2 Å². The third-order valence-electron chi connectivity index (χ3n) is 3.46. The number of nitrogens with one attached hydrogen (secondary N) is 1. The molecule has 0 bridgehead atoms. The summed E-state index contributed by atoms with van der Waals surface area (Å²) >= 11 is 12.1. The van der Waals surface area contributed by atoms with Gasteiger partial charge in [0.05, 0.1) is 22.3 Å². The molecule has 2 rings (SSSR count). The van der Waals surface area contributed by atoms with E-state index in [1.165, 1.54) is 0 Å². The number of anilines is 1. The zero-order valence-electron chi connectivity index (χ0n) is 13.7. The van der Waals surface area contributed by atoms with Crippen molar-refractivity contribution in [3.8, 4) is 5.75 Å². The summed E-state index contributed by atoms with van der Waals surface area (Å²) in [5, 5.41) is 3.58. The zero-order valence-corrected chi connectivity index (χ0v) is 15.2. The Morgan fingerprint density at radius 3 is 2.46 bits per heavy atom. The predicted molar refractivity (Wildman–Crippen MR) is 99.3 cm³/mol. The Morgan fingerprint density at radius 2 is 1.79 bits per heavy atom. The lowest BCUT2D eigenvalue weighted by atomic mass is 10.2. The van der Waals surface area contributed by atoms with Crippen molar-refractivity contribution in [2.24, 2.45) is 0 Å². The van der Waals surface area contributed by atoms with Crippen LogP contribution in [-0.4, -0.2) is 37.6 Å². The number of benzene rings is 2. The molecule has 0 spiro atoms. The maximum atomic E-state index is 12.1. The van der Waals surface area contributed by atoms with Gasteiger partial charge in [-0.15, -0.1) is 0 Å². The van der Waals surface area contributed by atoms with Gasteiger partial charge in [0.1, 0.15) is 12.4 Å². The van der Waals surface area contributed by atoms with Crippen molar-refractivity contribution in [3.63, 3.8) is 0 Å². The molecule has 0 heterocycles. The summed E-state index contributed by atoms with van der Waals surface area (Å²) in [6.07, 6.45) is 0. The largest absolute Gasteiger partial charge is 0.492 e. The van der Waals surface area contributed by atoms with Gasteiger partial charge in [0.2, 0.25) is 5.91 Å². The molecule has 0 aliphatic carbocycles. The highest BCUT2D eigenvalue weighted by atomic mass is 35.5. The van der Waals surface area contributed by atoms with Crippen LogP contribution in [0.3, 0.4) is 0 Å². The number of carbonyl (C=O) groups excluding carboxylic acids is 1. The molecule has 0 atom stereocenters. The molecular weight excluding hydrogens is 347 g/mol. The SMILES string of the molecule is Cc1ccccc1OCCN(C)CC(=O)Nc1c(Cl)cccc1Cl. The van der Waals surface area contributed by atoms with Crippen molar-refractivity contribution in [3.05, 3.63) is 58.1 Å². The summed E-state index contributed by atoms with van der Waals surface area (Å²) in [6, 6.07) is 12.9. The maximum Gasteiger partial charge on any atom is 0.238 e. The number of amides is 1. The van der Waals surface area contributed by atoms with Crippen LogP contribution in [0.4, 0.5) is 5.69 Å². The molecule has 24 heavy (non-hydrogen) atoms. The van der Waals surface area contributed by atoms with Crippen LogP contribution in [0.15, 0.2) is 42.5 Å². The molecule has 0 saturated carbocycles. The van der Waals surface area contributed by atoms with Gasteiger partial charge in [0.25, 0.3) is 0 Å². The zero-order chi connectivity index (χ0) is 17.5. The van der Waals surface area contributed by atoms with Gasteiger partial charge < -0.3 is 10.1 Å². The van der Waals surface area contributed by atoms with E-state index in [2.05, 4.69) is 5.32 Å². The monoisotopic (exact) mass is 366 g/mol. The molecule has 0 aromatic heterocycles. The minimum Gasteiger partial charge on any atom is -0.492 e. The van der Waals surface area contributed by atoms with E-state index < -0.39 is 0 Å². The molecule has 0 aliphatic rings. The molecule has 0 saturated heterocycles. The first-order valence-electron chi connectivity index (χ1n) is 7.58. The van der Waals surface area contributed by atoms with Gasteiger partial charge in [0.15, 0.2) is 0 Å². The summed E-state index contributed by atoms with van der Waals surface area (Å²) in [5.74, 6) is 0.682. The van der Waals surface area contributed by atoms with Gasteiger partial charge in [0, 0.05) is 6.54 Å². The van der Waals surface area contributed by atoms with Gasteiger partial charge in [-0.3, -0.25) is 9.69 Å². The average molecular weight is 367 g/mol. The first-order valence-corrected chi connectivity index (χ1v) is 8.34. The number of aryl methyl sites for hydroxylation is 1. The average Bonchev–Trinajstić information content (AvgIpc) is 2.53. The molecule has 6 heteroatoms. The highest BCUT2D eigenvalue weighted by molar-refractivity contribution is 6.39. The van der Waals surface area contributed by atoms with Crippen molar-refractivity contribution >= 4 is 34.8 Å². The molecule has 1 amide bonds. The number of ether oxygens (including phenoxy) is 1. The van der Waals surface area contributed by atoms with Crippen molar-refractivity contribution in [1.29, 1.82) is 0 Å². The molecular formula is C18H20Cl2N2O2. The van der Waals surface area contributed by atoms with Crippen LogP contribution in [-0.2, 0) is 4.79 Å². The Morgan fingerprint density at radius 1 is 1.12 bits per heavy atom. The second kappa shape index (κ2) is 8.92. The summed E-state index contributed by atoms with van der Waals surface area (Å²) in [5.41, 5.74) is 1.53. The van der Waals surface area contributed by atoms with E-state index >= 15 is 0 Å². The normalized spacial score (nSPS) is 10.7. The smallest absolute Gasteiger partial charge is 0.238 e. The first kappa shape index (κ1) is 18.6. The third kappa shape index (κ3) is 5.41. The Bertz CT molecular complexity index is 687. The van der Waals surface area contributed by atoms with Crippen LogP contribution < -0.4 is 10.1 Å². The first-order chi connectivity index (χ1) is 11.5.